The van der Waals surface area contributed by atoms with Crippen LogP contribution in [0.5, 0.6) is 11.5 Å². The first kappa shape index (κ1) is 10.3. The van der Waals surface area contributed by atoms with Crippen molar-refractivity contribution >= 4 is 0 Å². The van der Waals surface area contributed by atoms with Crippen LogP contribution in [-0.2, 0) is 13.0 Å². The summed E-state index contributed by atoms with van der Waals surface area (Å²) in [4.78, 5) is 0. The van der Waals surface area contributed by atoms with Gasteiger partial charge in [0.15, 0.2) is 0 Å². The molecular weight excluding hydrogens is 190 g/mol. The fourth-order valence-corrected chi connectivity index (χ4v) is 2.03. The number of ether oxygens (including phenoxy) is 2. The molecular formula is C12H17NO2. The Balaban J connectivity index is 2.44. The molecule has 82 valence electrons. The zero-order valence-electron chi connectivity index (χ0n) is 9.46. The highest BCUT2D eigenvalue weighted by atomic mass is 16.5. The van der Waals surface area contributed by atoms with Gasteiger partial charge < -0.3 is 14.8 Å². The molecule has 0 aliphatic carbocycles. The second-order valence-corrected chi connectivity index (χ2v) is 3.95. The Morgan fingerprint density at radius 1 is 1.27 bits per heavy atom. The van der Waals surface area contributed by atoms with Crippen LogP contribution in [0.25, 0.3) is 0 Å². The first-order chi connectivity index (χ1) is 7.24. The van der Waals surface area contributed by atoms with Crippen molar-refractivity contribution in [3.05, 3.63) is 23.3 Å². The molecule has 1 N–H and O–H groups in total. The van der Waals surface area contributed by atoms with Gasteiger partial charge in [0.1, 0.15) is 11.5 Å². The monoisotopic (exact) mass is 207 g/mol. The summed E-state index contributed by atoms with van der Waals surface area (Å²) in [6, 6.07) is 4.55. The van der Waals surface area contributed by atoms with Gasteiger partial charge in [-0.3, -0.25) is 0 Å². The van der Waals surface area contributed by atoms with Crippen molar-refractivity contribution in [3.63, 3.8) is 0 Å². The van der Waals surface area contributed by atoms with E-state index < -0.39 is 0 Å². The lowest BCUT2D eigenvalue weighted by Crippen LogP contribution is -2.33. The van der Waals surface area contributed by atoms with E-state index in [1.54, 1.807) is 14.2 Å². The van der Waals surface area contributed by atoms with Crippen LogP contribution in [0.1, 0.15) is 18.1 Å². The molecule has 0 spiro atoms. The Labute approximate surface area is 90.4 Å². The van der Waals surface area contributed by atoms with Gasteiger partial charge in [0.05, 0.1) is 14.2 Å². The zero-order valence-corrected chi connectivity index (χ0v) is 9.46. The van der Waals surface area contributed by atoms with Crippen LogP contribution >= 0.6 is 0 Å². The summed E-state index contributed by atoms with van der Waals surface area (Å²) >= 11 is 0. The molecule has 1 aromatic rings. The second kappa shape index (κ2) is 4.11. The van der Waals surface area contributed by atoms with Gasteiger partial charge in [-0.25, -0.2) is 0 Å². The molecule has 2 rings (SSSR count). The first-order valence-corrected chi connectivity index (χ1v) is 5.21. The zero-order chi connectivity index (χ0) is 10.8. The molecule has 3 heteroatoms. The molecule has 0 saturated heterocycles. The van der Waals surface area contributed by atoms with Crippen LogP contribution < -0.4 is 14.8 Å². The molecule has 1 unspecified atom stereocenters. The molecule has 0 radical (unpaired) electrons. The van der Waals surface area contributed by atoms with Crippen molar-refractivity contribution in [3.8, 4) is 11.5 Å². The Morgan fingerprint density at radius 2 is 2.07 bits per heavy atom. The lowest BCUT2D eigenvalue weighted by atomic mass is 9.95. The number of hydrogen-bond acceptors (Lipinski definition) is 3. The van der Waals surface area contributed by atoms with Crippen LogP contribution in [0.3, 0.4) is 0 Å². The van der Waals surface area contributed by atoms with Crippen molar-refractivity contribution in [2.75, 3.05) is 14.2 Å². The maximum atomic E-state index is 5.40. The molecule has 1 heterocycles. The SMILES string of the molecule is COc1cc2c(c(OC)c1)CC(C)NC2. The summed E-state index contributed by atoms with van der Waals surface area (Å²) < 4.78 is 10.6. The van der Waals surface area contributed by atoms with Gasteiger partial charge in [0, 0.05) is 24.2 Å². The van der Waals surface area contributed by atoms with E-state index in [2.05, 4.69) is 18.3 Å². The van der Waals surface area contributed by atoms with E-state index in [1.807, 2.05) is 6.07 Å². The number of fused-ring (bicyclic) bond motifs is 1. The fourth-order valence-electron chi connectivity index (χ4n) is 2.03. The van der Waals surface area contributed by atoms with Gasteiger partial charge in [-0.1, -0.05) is 0 Å². The van der Waals surface area contributed by atoms with Crippen LogP contribution in [0.2, 0.25) is 0 Å². The van der Waals surface area contributed by atoms with E-state index in [1.165, 1.54) is 11.1 Å². The van der Waals surface area contributed by atoms with E-state index in [0.717, 1.165) is 24.5 Å². The molecule has 1 aliphatic rings. The number of methoxy groups -OCH3 is 2. The summed E-state index contributed by atoms with van der Waals surface area (Å²) in [6.45, 7) is 3.08. The minimum absolute atomic E-state index is 0.514. The quantitative estimate of drug-likeness (QED) is 0.801. The number of nitrogens with one attached hydrogen (secondary N) is 1. The minimum Gasteiger partial charge on any atom is -0.497 e. The van der Waals surface area contributed by atoms with Crippen LogP contribution in [0.4, 0.5) is 0 Å². The Hall–Kier alpha value is -1.22. The summed E-state index contributed by atoms with van der Waals surface area (Å²) in [5.41, 5.74) is 2.59. The maximum Gasteiger partial charge on any atom is 0.126 e. The van der Waals surface area contributed by atoms with Crippen molar-refractivity contribution in [1.29, 1.82) is 0 Å². The molecule has 1 aliphatic heterocycles. The third kappa shape index (κ3) is 1.92. The Morgan fingerprint density at radius 3 is 2.73 bits per heavy atom. The molecule has 3 nitrogen and oxygen atoms in total. The summed E-state index contributed by atoms with van der Waals surface area (Å²) in [7, 11) is 3.39. The largest absolute Gasteiger partial charge is 0.497 e. The number of hydrogen-bond donors (Lipinski definition) is 1. The van der Waals surface area contributed by atoms with E-state index in [4.69, 9.17) is 9.47 Å². The predicted molar refractivity (Wildman–Crippen MR) is 59.6 cm³/mol. The van der Waals surface area contributed by atoms with E-state index in [0.29, 0.717) is 6.04 Å². The predicted octanol–water partition coefficient (Wildman–Crippen LogP) is 1.74. The van der Waals surface area contributed by atoms with Gasteiger partial charge in [0.25, 0.3) is 0 Å². The van der Waals surface area contributed by atoms with Crippen molar-refractivity contribution in [2.24, 2.45) is 0 Å². The molecule has 0 saturated carbocycles. The average Bonchev–Trinajstić information content (AvgIpc) is 2.27. The highest BCUT2D eigenvalue weighted by molar-refractivity contribution is 5.48. The van der Waals surface area contributed by atoms with Crippen molar-refractivity contribution < 1.29 is 9.47 Å². The Kier molecular flexibility index (Phi) is 2.82. The summed E-state index contributed by atoms with van der Waals surface area (Å²) in [5, 5.41) is 3.43. The molecule has 1 aromatic carbocycles. The third-order valence-electron chi connectivity index (χ3n) is 2.88. The standard InChI is InChI=1S/C12H17NO2/c1-8-4-11-9(7-13-8)5-10(14-2)6-12(11)15-3/h5-6,8,13H,4,7H2,1-3H3. The lowest BCUT2D eigenvalue weighted by molar-refractivity contribution is 0.382. The van der Waals surface area contributed by atoms with Crippen LogP contribution in [0, 0.1) is 0 Å². The number of rotatable bonds is 2. The van der Waals surface area contributed by atoms with E-state index >= 15 is 0 Å². The number of benzene rings is 1. The van der Waals surface area contributed by atoms with Gasteiger partial charge in [0.2, 0.25) is 0 Å². The van der Waals surface area contributed by atoms with Gasteiger partial charge in [-0.05, 0) is 25.0 Å². The van der Waals surface area contributed by atoms with Crippen LogP contribution in [-0.4, -0.2) is 20.3 Å². The van der Waals surface area contributed by atoms with E-state index in [9.17, 15) is 0 Å². The third-order valence-corrected chi connectivity index (χ3v) is 2.88. The molecule has 0 amide bonds. The van der Waals surface area contributed by atoms with Gasteiger partial charge in [-0.15, -0.1) is 0 Å². The first-order valence-electron chi connectivity index (χ1n) is 5.21. The molecule has 0 aromatic heterocycles. The maximum absolute atomic E-state index is 5.40. The topological polar surface area (TPSA) is 30.5 Å². The summed E-state index contributed by atoms with van der Waals surface area (Å²) in [5.74, 6) is 1.81. The molecule has 15 heavy (non-hydrogen) atoms. The molecule has 0 fully saturated rings. The highest BCUT2D eigenvalue weighted by Crippen LogP contribution is 2.31. The van der Waals surface area contributed by atoms with E-state index in [-0.39, 0.29) is 0 Å². The lowest BCUT2D eigenvalue weighted by Gasteiger charge is -2.25. The summed E-state index contributed by atoms with van der Waals surface area (Å²) in [6.07, 6.45) is 1.02. The van der Waals surface area contributed by atoms with Crippen molar-refractivity contribution in [2.45, 2.75) is 25.9 Å². The highest BCUT2D eigenvalue weighted by Gasteiger charge is 2.19. The smallest absolute Gasteiger partial charge is 0.126 e. The van der Waals surface area contributed by atoms with Gasteiger partial charge >= 0.3 is 0 Å². The molecule has 1 atom stereocenters. The second-order valence-electron chi connectivity index (χ2n) is 3.95. The normalized spacial score (nSPS) is 19.5. The van der Waals surface area contributed by atoms with Crippen molar-refractivity contribution in [1.82, 2.24) is 5.32 Å². The minimum atomic E-state index is 0.514. The molecule has 0 bridgehead atoms. The Bertz CT molecular complexity index is 346. The average molecular weight is 207 g/mol. The van der Waals surface area contributed by atoms with Crippen LogP contribution in [0.15, 0.2) is 12.1 Å². The van der Waals surface area contributed by atoms with Gasteiger partial charge in [-0.2, -0.15) is 0 Å². The fraction of sp³-hybridized carbons (Fsp3) is 0.500.